The number of aliphatic hydroxyl groups excluding tert-OH is 2. The number of carbonyl (C=O) groups excluding carboxylic acids is 2. The molecule has 0 saturated carbocycles. The highest BCUT2D eigenvalue weighted by atomic mass is 16.5. The molecule has 0 fully saturated rings. The number of unbranched alkanes of at least 4 members (excludes halogenated alkanes) is 26. The van der Waals surface area contributed by atoms with Crippen molar-refractivity contribution >= 4 is 11.9 Å². The van der Waals surface area contributed by atoms with Gasteiger partial charge in [0.05, 0.1) is 25.2 Å². The van der Waals surface area contributed by atoms with E-state index in [4.69, 9.17) is 4.74 Å². The van der Waals surface area contributed by atoms with Crippen LogP contribution in [0.3, 0.4) is 0 Å². The van der Waals surface area contributed by atoms with Crippen LogP contribution in [0.2, 0.25) is 0 Å². The van der Waals surface area contributed by atoms with E-state index in [0.29, 0.717) is 19.3 Å². The van der Waals surface area contributed by atoms with E-state index in [1.165, 1.54) is 122 Å². The van der Waals surface area contributed by atoms with Gasteiger partial charge in [-0.25, -0.2) is 0 Å². The number of carbonyl (C=O) groups is 2. The first-order valence-corrected chi connectivity index (χ1v) is 24.9. The first kappa shape index (κ1) is 55.8. The second kappa shape index (κ2) is 45.9. The average Bonchev–Trinajstić information content (AvgIpc) is 3.22. The van der Waals surface area contributed by atoms with Gasteiger partial charge in [0.2, 0.25) is 5.91 Å². The van der Waals surface area contributed by atoms with E-state index < -0.39 is 18.2 Å². The fourth-order valence-electron chi connectivity index (χ4n) is 7.41. The third-order valence-electron chi connectivity index (χ3n) is 11.2. The Balaban J connectivity index is 4.50. The molecule has 0 spiro atoms. The number of rotatable bonds is 44. The first-order chi connectivity index (χ1) is 28.5. The molecule has 3 atom stereocenters. The lowest BCUT2D eigenvalue weighted by atomic mass is 10.0. The van der Waals surface area contributed by atoms with Crippen LogP contribution in [0, 0.1) is 0 Å². The number of amides is 1. The van der Waals surface area contributed by atoms with Crippen LogP contribution in [0.5, 0.6) is 0 Å². The number of aliphatic hydroxyl groups is 2. The molecule has 3 N–H and O–H groups in total. The summed E-state index contributed by atoms with van der Waals surface area (Å²) in [6.45, 7) is 6.30. The third-order valence-corrected chi connectivity index (χ3v) is 11.2. The van der Waals surface area contributed by atoms with Gasteiger partial charge in [0, 0.05) is 6.42 Å². The Labute approximate surface area is 359 Å². The molecule has 0 aliphatic rings. The van der Waals surface area contributed by atoms with Crippen LogP contribution in [-0.4, -0.2) is 46.9 Å². The summed E-state index contributed by atoms with van der Waals surface area (Å²) in [5.41, 5.74) is 0. The van der Waals surface area contributed by atoms with Gasteiger partial charge in [0.15, 0.2) is 0 Å². The summed E-state index contributed by atoms with van der Waals surface area (Å²) in [4.78, 5) is 26.0. The zero-order valence-corrected chi connectivity index (χ0v) is 38.4. The van der Waals surface area contributed by atoms with E-state index >= 15 is 0 Å². The molecule has 0 aliphatic heterocycles. The normalized spacial score (nSPS) is 13.7. The molecule has 0 bridgehead atoms. The highest BCUT2D eigenvalue weighted by Crippen LogP contribution is 2.17. The summed E-state index contributed by atoms with van der Waals surface area (Å²) < 4.78 is 5.88. The first-order valence-electron chi connectivity index (χ1n) is 24.9. The minimum absolute atomic E-state index is 0.0514. The number of allylic oxidation sites excluding steroid dienone is 8. The summed E-state index contributed by atoms with van der Waals surface area (Å²) in [5.74, 6) is -0.519. The van der Waals surface area contributed by atoms with E-state index in [9.17, 15) is 19.8 Å². The quantitative estimate of drug-likeness (QED) is 0.0246. The predicted molar refractivity (Wildman–Crippen MR) is 250 cm³/mol. The second-order valence-corrected chi connectivity index (χ2v) is 16.9. The van der Waals surface area contributed by atoms with Crippen molar-refractivity contribution in [2.24, 2.45) is 0 Å². The molecule has 0 aromatic rings. The van der Waals surface area contributed by atoms with Gasteiger partial charge in [0.1, 0.15) is 6.10 Å². The largest absolute Gasteiger partial charge is 0.462 e. The number of nitrogens with one attached hydrogen (secondary N) is 1. The smallest absolute Gasteiger partial charge is 0.306 e. The van der Waals surface area contributed by atoms with Crippen LogP contribution in [-0.2, 0) is 14.3 Å². The molecule has 0 heterocycles. The number of ether oxygens (including phenoxy) is 1. The van der Waals surface area contributed by atoms with Gasteiger partial charge in [-0.2, -0.15) is 0 Å². The standard InChI is InChI=1S/C52H95NO5/c1-4-7-10-13-16-19-22-23-24-25-26-27-30-32-35-38-41-44-50(55)49(47-54)53-51(56)46-48(43-40-37-34-31-28-20-17-14-11-8-5-2)58-52(57)45-42-39-36-33-29-21-18-15-12-9-6-3/h8,11,14-15,17-18,20,28,48-50,54-55H,4-7,9-10,12-13,16,19,21-27,29-47H2,1-3H3,(H,53,56)/b11-8+,17-14+,18-15-,28-20-. The van der Waals surface area contributed by atoms with Crippen LogP contribution in [0.25, 0.3) is 0 Å². The zero-order valence-electron chi connectivity index (χ0n) is 38.4. The average molecular weight is 814 g/mol. The molecule has 0 radical (unpaired) electrons. The van der Waals surface area contributed by atoms with Crippen molar-refractivity contribution in [2.45, 2.75) is 264 Å². The maximum Gasteiger partial charge on any atom is 0.306 e. The molecule has 0 aliphatic carbocycles. The Morgan fingerprint density at radius 1 is 0.517 bits per heavy atom. The van der Waals surface area contributed by atoms with Crippen molar-refractivity contribution in [2.75, 3.05) is 6.61 Å². The molecule has 6 heteroatoms. The maximum absolute atomic E-state index is 13.2. The summed E-state index contributed by atoms with van der Waals surface area (Å²) in [5, 5.41) is 23.7. The Morgan fingerprint density at radius 3 is 1.52 bits per heavy atom. The van der Waals surface area contributed by atoms with Gasteiger partial charge in [-0.3, -0.25) is 9.59 Å². The molecule has 1 amide bonds. The Kier molecular flexibility index (Phi) is 44.2. The molecule has 0 aromatic carbocycles. The van der Waals surface area contributed by atoms with Gasteiger partial charge in [-0.05, 0) is 64.2 Å². The minimum Gasteiger partial charge on any atom is -0.462 e. The van der Waals surface area contributed by atoms with Crippen molar-refractivity contribution < 1.29 is 24.5 Å². The van der Waals surface area contributed by atoms with Crippen LogP contribution in [0.15, 0.2) is 48.6 Å². The molecule has 0 rings (SSSR count). The number of hydrogen-bond acceptors (Lipinski definition) is 5. The van der Waals surface area contributed by atoms with Crippen molar-refractivity contribution in [3.8, 4) is 0 Å². The summed E-state index contributed by atoms with van der Waals surface area (Å²) >= 11 is 0. The lowest BCUT2D eigenvalue weighted by molar-refractivity contribution is -0.151. The Bertz CT molecular complexity index is 1000. The third kappa shape index (κ3) is 40.6. The van der Waals surface area contributed by atoms with E-state index in [2.05, 4.69) is 62.5 Å². The fraction of sp³-hybridized carbons (Fsp3) is 0.808. The SMILES string of the molecule is CC/C=C/C=C/C=C\CCCCCC(CC(=O)NC(CO)C(O)CCCCCCCCCCCCCCCCCCC)OC(=O)CCCCCCC/C=C\CCCC. The van der Waals surface area contributed by atoms with Crippen LogP contribution in [0.4, 0.5) is 0 Å². The van der Waals surface area contributed by atoms with Crippen molar-refractivity contribution in [3.05, 3.63) is 48.6 Å². The van der Waals surface area contributed by atoms with Crippen LogP contribution >= 0.6 is 0 Å². The molecule has 58 heavy (non-hydrogen) atoms. The highest BCUT2D eigenvalue weighted by molar-refractivity contribution is 5.77. The van der Waals surface area contributed by atoms with E-state index in [1.54, 1.807) is 0 Å². The number of hydrogen-bond donors (Lipinski definition) is 3. The topological polar surface area (TPSA) is 95.9 Å². The predicted octanol–water partition coefficient (Wildman–Crippen LogP) is 14.7. The molecule has 0 saturated heterocycles. The Morgan fingerprint density at radius 2 is 0.966 bits per heavy atom. The van der Waals surface area contributed by atoms with Gasteiger partial charge in [0.25, 0.3) is 0 Å². The second-order valence-electron chi connectivity index (χ2n) is 16.9. The molecule has 0 aromatic heterocycles. The van der Waals surface area contributed by atoms with Gasteiger partial charge in [-0.1, -0.05) is 217 Å². The molecule has 3 unspecified atom stereocenters. The van der Waals surface area contributed by atoms with Crippen LogP contribution in [0.1, 0.15) is 245 Å². The lowest BCUT2D eigenvalue weighted by Gasteiger charge is -2.24. The minimum atomic E-state index is -0.797. The van der Waals surface area contributed by atoms with E-state index in [-0.39, 0.29) is 24.9 Å². The van der Waals surface area contributed by atoms with E-state index in [0.717, 1.165) is 77.0 Å². The van der Waals surface area contributed by atoms with Gasteiger partial charge < -0.3 is 20.3 Å². The monoisotopic (exact) mass is 814 g/mol. The molecular weight excluding hydrogens is 719 g/mol. The van der Waals surface area contributed by atoms with Gasteiger partial charge >= 0.3 is 5.97 Å². The summed E-state index contributed by atoms with van der Waals surface area (Å²) in [6.07, 6.45) is 54.6. The fourth-order valence-corrected chi connectivity index (χ4v) is 7.41. The molecule has 338 valence electrons. The Hall–Kier alpha value is -2.18. The van der Waals surface area contributed by atoms with Crippen molar-refractivity contribution in [1.82, 2.24) is 5.32 Å². The van der Waals surface area contributed by atoms with Crippen LogP contribution < -0.4 is 5.32 Å². The highest BCUT2D eigenvalue weighted by Gasteiger charge is 2.24. The lowest BCUT2D eigenvalue weighted by Crippen LogP contribution is -2.46. The van der Waals surface area contributed by atoms with Crippen molar-refractivity contribution in [1.29, 1.82) is 0 Å². The zero-order chi connectivity index (χ0) is 42.4. The maximum atomic E-state index is 13.2. The van der Waals surface area contributed by atoms with E-state index in [1.807, 2.05) is 12.2 Å². The van der Waals surface area contributed by atoms with Crippen molar-refractivity contribution in [3.63, 3.8) is 0 Å². The molecular formula is C52H95NO5. The summed E-state index contributed by atoms with van der Waals surface area (Å²) in [6, 6.07) is -0.713. The summed E-state index contributed by atoms with van der Waals surface area (Å²) in [7, 11) is 0. The molecule has 6 nitrogen and oxygen atoms in total. The van der Waals surface area contributed by atoms with Gasteiger partial charge in [-0.15, -0.1) is 0 Å². The number of esters is 1.